The maximum Gasteiger partial charge on any atom is 0.271 e. The van der Waals surface area contributed by atoms with Gasteiger partial charge in [0.25, 0.3) is 10.0 Å². The van der Waals surface area contributed by atoms with Gasteiger partial charge in [-0.2, -0.15) is 0 Å². The van der Waals surface area contributed by atoms with Crippen LogP contribution in [0, 0.1) is 6.92 Å². The van der Waals surface area contributed by atoms with Crippen molar-refractivity contribution in [1.29, 1.82) is 0 Å². The van der Waals surface area contributed by atoms with Crippen LogP contribution in [0.15, 0.2) is 32.9 Å². The summed E-state index contributed by atoms with van der Waals surface area (Å²) in [5.74, 6) is 0. The molecule has 0 saturated heterocycles. The molecular formula is C13H14BrClN2O2S2. The van der Waals surface area contributed by atoms with Gasteiger partial charge in [0.2, 0.25) is 0 Å². The van der Waals surface area contributed by atoms with Crippen LogP contribution in [-0.4, -0.2) is 15.5 Å². The molecule has 0 spiro atoms. The van der Waals surface area contributed by atoms with Crippen molar-refractivity contribution < 1.29 is 8.42 Å². The van der Waals surface area contributed by atoms with Gasteiger partial charge in [-0.05, 0) is 43.8 Å². The Hall–Kier alpha value is -0.600. The molecule has 0 radical (unpaired) electrons. The van der Waals surface area contributed by atoms with Crippen LogP contribution in [0.1, 0.15) is 10.4 Å². The Kier molecular flexibility index (Phi) is 5.32. The number of hydrogen-bond donors (Lipinski definition) is 2. The molecule has 0 aliphatic rings. The summed E-state index contributed by atoms with van der Waals surface area (Å²) in [6.45, 7) is 2.54. The van der Waals surface area contributed by atoms with Crippen molar-refractivity contribution in [2.75, 3.05) is 11.8 Å². The normalized spacial score (nSPS) is 11.6. The van der Waals surface area contributed by atoms with Gasteiger partial charge >= 0.3 is 0 Å². The lowest BCUT2D eigenvalue weighted by atomic mass is 10.3. The van der Waals surface area contributed by atoms with E-state index in [-0.39, 0.29) is 4.21 Å². The van der Waals surface area contributed by atoms with Gasteiger partial charge in [-0.1, -0.05) is 27.5 Å². The topological polar surface area (TPSA) is 58.2 Å². The molecule has 2 rings (SSSR count). The van der Waals surface area contributed by atoms with Crippen molar-refractivity contribution in [2.45, 2.75) is 17.7 Å². The quantitative estimate of drug-likeness (QED) is 0.785. The minimum atomic E-state index is -3.64. The van der Waals surface area contributed by atoms with Crippen LogP contribution in [0.3, 0.4) is 0 Å². The van der Waals surface area contributed by atoms with Crippen LogP contribution in [-0.2, 0) is 16.6 Å². The Morgan fingerprint density at radius 1 is 1.33 bits per heavy atom. The van der Waals surface area contributed by atoms with Crippen LogP contribution >= 0.6 is 38.9 Å². The summed E-state index contributed by atoms with van der Waals surface area (Å²) in [6, 6.07) is 6.69. The minimum Gasteiger partial charge on any atom is -0.315 e. The van der Waals surface area contributed by atoms with E-state index in [1.807, 2.05) is 14.0 Å². The number of thiophene rings is 1. The lowest BCUT2D eigenvalue weighted by molar-refractivity contribution is 0.603. The standard InChI is InChI=1S/C13H14BrClN2O2S2/c1-8-5-13(20-12(8)7-16-2)21(18,19)17-11-6-9(14)3-4-10(11)15/h3-6,16-17H,7H2,1-2H3. The highest BCUT2D eigenvalue weighted by Crippen LogP contribution is 2.31. The van der Waals surface area contributed by atoms with Gasteiger partial charge < -0.3 is 5.32 Å². The Balaban J connectivity index is 2.34. The Morgan fingerprint density at radius 3 is 2.71 bits per heavy atom. The molecule has 8 heteroatoms. The number of aryl methyl sites for hydroxylation is 1. The fraction of sp³-hybridized carbons (Fsp3) is 0.231. The molecule has 1 aromatic carbocycles. The first kappa shape index (κ1) is 16.8. The van der Waals surface area contributed by atoms with Crippen LogP contribution in [0.4, 0.5) is 5.69 Å². The summed E-state index contributed by atoms with van der Waals surface area (Å²) in [6.07, 6.45) is 0. The van der Waals surface area contributed by atoms with E-state index in [4.69, 9.17) is 11.6 Å². The van der Waals surface area contributed by atoms with E-state index in [0.717, 1.165) is 14.9 Å². The second-order valence-electron chi connectivity index (χ2n) is 4.43. The van der Waals surface area contributed by atoms with Gasteiger partial charge in [0.15, 0.2) is 0 Å². The molecule has 0 amide bonds. The Labute approximate surface area is 141 Å². The van der Waals surface area contributed by atoms with Gasteiger partial charge in [-0.15, -0.1) is 11.3 Å². The smallest absolute Gasteiger partial charge is 0.271 e. The molecule has 0 fully saturated rings. The Morgan fingerprint density at radius 2 is 2.05 bits per heavy atom. The maximum absolute atomic E-state index is 12.4. The number of halogens is 2. The highest BCUT2D eigenvalue weighted by atomic mass is 79.9. The third-order valence-corrected chi connectivity index (χ3v) is 6.67. The van der Waals surface area contributed by atoms with E-state index in [0.29, 0.717) is 17.3 Å². The molecule has 0 bridgehead atoms. The molecule has 4 nitrogen and oxygen atoms in total. The predicted octanol–water partition coefficient (Wildman–Crippen LogP) is 3.99. The summed E-state index contributed by atoms with van der Waals surface area (Å²) in [5, 5.41) is 3.38. The highest BCUT2D eigenvalue weighted by Gasteiger charge is 2.20. The average molecular weight is 410 g/mol. The Bertz CT molecular complexity index is 760. The summed E-state index contributed by atoms with van der Waals surface area (Å²) >= 11 is 10.6. The first-order chi connectivity index (χ1) is 9.83. The van der Waals surface area contributed by atoms with Crippen molar-refractivity contribution in [1.82, 2.24) is 5.32 Å². The minimum absolute atomic E-state index is 0.279. The first-order valence-electron chi connectivity index (χ1n) is 6.05. The van der Waals surface area contributed by atoms with Crippen molar-refractivity contribution >= 4 is 54.6 Å². The lowest BCUT2D eigenvalue weighted by Gasteiger charge is -2.08. The van der Waals surface area contributed by atoms with E-state index in [9.17, 15) is 8.42 Å². The predicted molar refractivity (Wildman–Crippen MR) is 91.8 cm³/mol. The van der Waals surface area contributed by atoms with Crippen molar-refractivity contribution in [3.05, 3.63) is 44.2 Å². The summed E-state index contributed by atoms with van der Waals surface area (Å²) in [7, 11) is -1.81. The molecule has 1 aromatic heterocycles. The zero-order valence-electron chi connectivity index (χ0n) is 11.4. The average Bonchev–Trinajstić information content (AvgIpc) is 2.77. The number of nitrogens with one attached hydrogen (secondary N) is 2. The molecule has 0 unspecified atom stereocenters. The number of hydrogen-bond acceptors (Lipinski definition) is 4. The monoisotopic (exact) mass is 408 g/mol. The second kappa shape index (κ2) is 6.66. The molecule has 0 atom stereocenters. The molecule has 1 heterocycles. The first-order valence-corrected chi connectivity index (χ1v) is 9.52. The fourth-order valence-corrected chi connectivity index (χ4v) is 4.98. The zero-order chi connectivity index (χ0) is 15.6. The summed E-state index contributed by atoms with van der Waals surface area (Å²) in [4.78, 5) is 0.998. The van der Waals surface area contributed by atoms with Crippen molar-refractivity contribution in [3.8, 4) is 0 Å². The largest absolute Gasteiger partial charge is 0.315 e. The summed E-state index contributed by atoms with van der Waals surface area (Å²) < 4.78 is 28.4. The van der Waals surface area contributed by atoms with Gasteiger partial charge in [0.1, 0.15) is 4.21 Å². The van der Waals surface area contributed by atoms with E-state index >= 15 is 0 Å². The van der Waals surface area contributed by atoms with Crippen LogP contribution in [0.2, 0.25) is 5.02 Å². The number of sulfonamides is 1. The van der Waals surface area contributed by atoms with Gasteiger partial charge in [0, 0.05) is 15.9 Å². The molecular weight excluding hydrogens is 396 g/mol. The number of anilines is 1. The second-order valence-corrected chi connectivity index (χ2v) is 8.80. The SMILES string of the molecule is CNCc1sc(S(=O)(=O)Nc2cc(Br)ccc2Cl)cc1C. The van der Waals surface area contributed by atoms with Crippen LogP contribution < -0.4 is 10.0 Å². The van der Waals surface area contributed by atoms with E-state index in [2.05, 4.69) is 26.0 Å². The van der Waals surface area contributed by atoms with Crippen molar-refractivity contribution in [2.24, 2.45) is 0 Å². The van der Waals surface area contributed by atoms with Crippen molar-refractivity contribution in [3.63, 3.8) is 0 Å². The molecule has 21 heavy (non-hydrogen) atoms. The molecule has 114 valence electrons. The number of benzene rings is 1. The van der Waals surface area contributed by atoms with E-state index < -0.39 is 10.0 Å². The van der Waals surface area contributed by atoms with E-state index in [1.54, 1.807) is 24.3 Å². The fourth-order valence-electron chi connectivity index (χ4n) is 1.73. The molecule has 2 aromatic rings. The van der Waals surface area contributed by atoms with Crippen LogP contribution in [0.25, 0.3) is 0 Å². The van der Waals surface area contributed by atoms with Gasteiger partial charge in [0.05, 0.1) is 10.7 Å². The third-order valence-electron chi connectivity index (χ3n) is 2.77. The molecule has 0 aliphatic heterocycles. The molecule has 0 aliphatic carbocycles. The van der Waals surface area contributed by atoms with E-state index in [1.165, 1.54) is 11.3 Å². The zero-order valence-corrected chi connectivity index (χ0v) is 15.4. The highest BCUT2D eigenvalue weighted by molar-refractivity contribution is 9.10. The van der Waals surface area contributed by atoms with Crippen LogP contribution in [0.5, 0.6) is 0 Å². The number of rotatable bonds is 5. The maximum atomic E-state index is 12.4. The molecule has 0 saturated carbocycles. The third kappa shape index (κ3) is 3.98. The lowest BCUT2D eigenvalue weighted by Crippen LogP contribution is -2.11. The molecule has 2 N–H and O–H groups in total. The van der Waals surface area contributed by atoms with Gasteiger partial charge in [-0.25, -0.2) is 8.42 Å². The van der Waals surface area contributed by atoms with Gasteiger partial charge in [-0.3, -0.25) is 4.72 Å². The summed E-state index contributed by atoms with van der Waals surface area (Å²) in [5.41, 5.74) is 1.31.